The van der Waals surface area contributed by atoms with Gasteiger partial charge in [0.15, 0.2) is 11.9 Å². The minimum Gasteiger partial charge on any atom is -0.480 e. The summed E-state index contributed by atoms with van der Waals surface area (Å²) in [6, 6.07) is -4.69. The van der Waals surface area contributed by atoms with Crippen LogP contribution in [0.4, 0.5) is 0 Å². The number of nitrogens with one attached hydrogen (secondary N) is 3. The van der Waals surface area contributed by atoms with E-state index in [0.717, 1.165) is 0 Å². The van der Waals surface area contributed by atoms with E-state index < -0.39 is 53.8 Å². The zero-order chi connectivity index (χ0) is 31.4. The third-order valence-corrected chi connectivity index (χ3v) is 5.76. The Hall–Kier alpha value is -4.19. The molecule has 234 valence electrons. The fourth-order valence-corrected chi connectivity index (χ4v) is 3.55. The summed E-state index contributed by atoms with van der Waals surface area (Å²) in [5, 5.41) is 17.0. The maximum absolute atomic E-state index is 13.2. The first-order valence-electron chi connectivity index (χ1n) is 13.3. The molecule has 0 aromatic carbocycles. The second-order valence-electron chi connectivity index (χ2n) is 9.32. The molecular weight excluding hydrogens is 540 g/mol. The van der Waals surface area contributed by atoms with Crippen molar-refractivity contribution in [2.75, 3.05) is 19.6 Å². The number of carboxylic acid groups (broad SMARTS) is 1. The van der Waals surface area contributed by atoms with Crippen LogP contribution in [0.25, 0.3) is 0 Å². The Morgan fingerprint density at radius 1 is 0.634 bits per heavy atom. The van der Waals surface area contributed by atoms with E-state index in [0.29, 0.717) is 25.8 Å². The van der Waals surface area contributed by atoms with E-state index in [9.17, 15) is 29.1 Å². The first-order valence-corrected chi connectivity index (χ1v) is 13.3. The Labute approximate surface area is 238 Å². The highest BCUT2D eigenvalue weighted by molar-refractivity contribution is 5.94. The molecule has 0 aliphatic rings. The van der Waals surface area contributed by atoms with Gasteiger partial charge in [0, 0.05) is 19.5 Å². The molecule has 4 amide bonds. The minimum absolute atomic E-state index is 0.0275. The van der Waals surface area contributed by atoms with Crippen LogP contribution in [0.3, 0.4) is 0 Å². The van der Waals surface area contributed by atoms with Gasteiger partial charge in [-0.15, -0.1) is 0 Å². The number of guanidine groups is 2. The Kier molecular flexibility index (Phi) is 18.6. The average molecular weight is 587 g/mol. The molecule has 18 nitrogen and oxygen atoms in total. The monoisotopic (exact) mass is 586 g/mol. The van der Waals surface area contributed by atoms with Crippen molar-refractivity contribution in [1.82, 2.24) is 16.0 Å². The van der Waals surface area contributed by atoms with Gasteiger partial charge in [-0.05, 0) is 57.9 Å². The molecule has 0 heterocycles. The van der Waals surface area contributed by atoms with Crippen LogP contribution < -0.4 is 56.1 Å². The predicted molar refractivity (Wildman–Crippen MR) is 153 cm³/mol. The lowest BCUT2D eigenvalue weighted by atomic mass is 10.0. The first-order chi connectivity index (χ1) is 19.3. The quantitative estimate of drug-likeness (QED) is 0.0324. The fraction of sp³-hybridized carbons (Fsp3) is 0.696. The largest absolute Gasteiger partial charge is 0.480 e. The lowest BCUT2D eigenvalue weighted by molar-refractivity contribution is -0.142. The summed E-state index contributed by atoms with van der Waals surface area (Å²) < 4.78 is 0. The van der Waals surface area contributed by atoms with Crippen molar-refractivity contribution in [3.63, 3.8) is 0 Å². The summed E-state index contributed by atoms with van der Waals surface area (Å²) in [6.45, 7) is 0.750. The van der Waals surface area contributed by atoms with Crippen molar-refractivity contribution in [3.05, 3.63) is 0 Å². The zero-order valence-electron chi connectivity index (χ0n) is 23.2. The Morgan fingerprint density at radius 3 is 1.59 bits per heavy atom. The van der Waals surface area contributed by atoms with Crippen molar-refractivity contribution in [3.8, 4) is 0 Å². The van der Waals surface area contributed by atoms with Crippen LogP contribution >= 0.6 is 0 Å². The number of amides is 4. The number of carboxylic acids is 1. The van der Waals surface area contributed by atoms with Crippen LogP contribution in [0.1, 0.15) is 57.8 Å². The number of nitrogens with two attached hydrogens (primary N) is 7. The van der Waals surface area contributed by atoms with E-state index >= 15 is 0 Å². The number of aliphatic carboxylic acids is 1. The number of unbranched alkanes of at least 4 members (excludes halogenated alkanes) is 1. The highest BCUT2D eigenvalue weighted by atomic mass is 16.4. The molecule has 4 atom stereocenters. The van der Waals surface area contributed by atoms with Crippen LogP contribution in [0.5, 0.6) is 0 Å². The molecule has 0 fully saturated rings. The van der Waals surface area contributed by atoms with Gasteiger partial charge in [-0.2, -0.15) is 0 Å². The fourth-order valence-electron chi connectivity index (χ4n) is 3.55. The van der Waals surface area contributed by atoms with Gasteiger partial charge in [0.1, 0.15) is 18.1 Å². The second kappa shape index (κ2) is 20.7. The standard InChI is InChI=1S/C23H46N12O6/c24-10-2-1-6-14(19(38)35-16(21(40)41)7-4-12-32-23(29)30)34-20(39)15(8-9-17(26)36)33-18(37)13(25)5-3-11-31-22(27)28/h13-16H,1-12,24-25H2,(H2,26,36)(H,33,37)(H,34,39)(H,35,38)(H,40,41)(H4,27,28,31)(H4,29,30,32). The molecule has 0 saturated heterocycles. The van der Waals surface area contributed by atoms with Gasteiger partial charge in [-0.3, -0.25) is 29.2 Å². The molecule has 0 aliphatic heterocycles. The van der Waals surface area contributed by atoms with E-state index in [4.69, 9.17) is 40.1 Å². The van der Waals surface area contributed by atoms with Gasteiger partial charge in [0.05, 0.1) is 6.04 Å². The number of nitrogens with zero attached hydrogens (tertiary/aromatic N) is 2. The summed E-state index contributed by atoms with van der Waals surface area (Å²) in [6.07, 6.45) is 1.61. The number of primary amides is 1. The van der Waals surface area contributed by atoms with Gasteiger partial charge < -0.3 is 61.2 Å². The molecule has 0 saturated carbocycles. The summed E-state index contributed by atoms with van der Waals surface area (Å²) in [5.74, 6) is -4.43. The Bertz CT molecular complexity index is 921. The summed E-state index contributed by atoms with van der Waals surface area (Å²) in [4.78, 5) is 69.5. The van der Waals surface area contributed by atoms with E-state index in [1.165, 1.54) is 0 Å². The minimum atomic E-state index is -1.28. The molecular formula is C23H46N12O6. The Balaban J connectivity index is 5.53. The highest BCUT2D eigenvalue weighted by Gasteiger charge is 2.30. The highest BCUT2D eigenvalue weighted by Crippen LogP contribution is 2.07. The normalized spacial score (nSPS) is 13.5. The van der Waals surface area contributed by atoms with Crippen molar-refractivity contribution in [2.24, 2.45) is 50.1 Å². The van der Waals surface area contributed by atoms with Gasteiger partial charge >= 0.3 is 5.97 Å². The molecule has 0 aromatic heterocycles. The maximum atomic E-state index is 13.2. The van der Waals surface area contributed by atoms with Gasteiger partial charge in [0.2, 0.25) is 23.6 Å². The molecule has 18 heteroatoms. The van der Waals surface area contributed by atoms with Crippen molar-refractivity contribution in [2.45, 2.75) is 82.0 Å². The van der Waals surface area contributed by atoms with Crippen LogP contribution in [-0.4, -0.2) is 90.4 Å². The smallest absolute Gasteiger partial charge is 0.326 e. The third kappa shape index (κ3) is 17.9. The summed E-state index contributed by atoms with van der Waals surface area (Å²) >= 11 is 0. The number of rotatable bonds is 22. The van der Waals surface area contributed by atoms with Crippen LogP contribution in [0.2, 0.25) is 0 Å². The molecule has 0 radical (unpaired) electrons. The van der Waals surface area contributed by atoms with Gasteiger partial charge in [-0.1, -0.05) is 0 Å². The number of carbonyl (C=O) groups is 5. The third-order valence-electron chi connectivity index (χ3n) is 5.76. The molecule has 0 spiro atoms. The molecule has 0 aliphatic carbocycles. The topological polar surface area (TPSA) is 349 Å². The number of hydrogen-bond donors (Lipinski definition) is 11. The lowest BCUT2D eigenvalue weighted by Gasteiger charge is -2.25. The van der Waals surface area contributed by atoms with E-state index in [1.54, 1.807) is 0 Å². The Morgan fingerprint density at radius 2 is 1.10 bits per heavy atom. The molecule has 0 rings (SSSR count). The number of aliphatic imine (C=N–C) groups is 2. The first kappa shape index (κ1) is 36.8. The maximum Gasteiger partial charge on any atom is 0.326 e. The predicted octanol–water partition coefficient (Wildman–Crippen LogP) is -4.65. The molecule has 41 heavy (non-hydrogen) atoms. The zero-order valence-corrected chi connectivity index (χ0v) is 23.2. The summed E-state index contributed by atoms with van der Waals surface area (Å²) in [5.41, 5.74) is 37.7. The second-order valence-corrected chi connectivity index (χ2v) is 9.32. The molecule has 18 N–H and O–H groups in total. The average Bonchev–Trinajstić information content (AvgIpc) is 2.89. The van der Waals surface area contributed by atoms with Crippen molar-refractivity contribution >= 4 is 41.5 Å². The van der Waals surface area contributed by atoms with Gasteiger partial charge in [0.25, 0.3) is 0 Å². The van der Waals surface area contributed by atoms with Crippen molar-refractivity contribution in [1.29, 1.82) is 0 Å². The van der Waals surface area contributed by atoms with Crippen LogP contribution in [-0.2, 0) is 24.0 Å². The van der Waals surface area contributed by atoms with E-state index in [2.05, 4.69) is 25.9 Å². The van der Waals surface area contributed by atoms with E-state index in [-0.39, 0.29) is 63.5 Å². The molecule has 0 bridgehead atoms. The van der Waals surface area contributed by atoms with Crippen molar-refractivity contribution < 1.29 is 29.1 Å². The SMILES string of the molecule is NCCCCC(NC(=O)C(CCC(N)=O)NC(=O)C(N)CCCN=C(N)N)C(=O)NC(CCCN=C(N)N)C(=O)O. The number of hydrogen-bond acceptors (Lipinski definition) is 9. The van der Waals surface area contributed by atoms with Crippen LogP contribution in [0.15, 0.2) is 9.98 Å². The molecule has 0 aromatic rings. The van der Waals surface area contributed by atoms with Gasteiger partial charge in [-0.25, -0.2) is 4.79 Å². The number of carbonyl (C=O) groups excluding carboxylic acids is 4. The summed E-state index contributed by atoms with van der Waals surface area (Å²) in [7, 11) is 0. The van der Waals surface area contributed by atoms with Crippen LogP contribution in [0, 0.1) is 0 Å². The lowest BCUT2D eigenvalue weighted by Crippen LogP contribution is -2.57. The van der Waals surface area contributed by atoms with E-state index in [1.807, 2.05) is 0 Å². The molecule has 4 unspecified atom stereocenters.